The first kappa shape index (κ1) is 25.6. The Hall–Kier alpha value is -4.45. The number of non-ortho nitro benzene ring substituents is 1. The third-order valence-corrected chi connectivity index (χ3v) is 5.97. The van der Waals surface area contributed by atoms with Crippen LogP contribution in [0.25, 0.3) is 6.08 Å². The lowest BCUT2D eigenvalue weighted by atomic mass is 10.1. The number of ether oxygens (including phenoxy) is 2. The molecular formula is C25H20BrN3O8. The molecule has 2 aromatic carbocycles. The van der Waals surface area contributed by atoms with Crippen LogP contribution in [0.1, 0.15) is 23.8 Å². The minimum atomic E-state index is -0.840. The first-order valence-electron chi connectivity index (χ1n) is 11.0. The maximum Gasteiger partial charge on any atom is 0.331 e. The maximum atomic E-state index is 13.0. The summed E-state index contributed by atoms with van der Waals surface area (Å²) >= 11 is 3.43. The molecule has 4 amide bonds. The van der Waals surface area contributed by atoms with Crippen LogP contribution in [-0.2, 0) is 22.7 Å². The normalized spacial score (nSPS) is 14.6. The average Bonchev–Trinajstić information content (AvgIpc) is 3.38. The van der Waals surface area contributed by atoms with Crippen molar-refractivity contribution in [2.24, 2.45) is 0 Å². The molecule has 2 heterocycles. The van der Waals surface area contributed by atoms with Crippen LogP contribution >= 0.6 is 15.9 Å². The number of furan rings is 1. The Morgan fingerprint density at radius 3 is 2.49 bits per heavy atom. The summed E-state index contributed by atoms with van der Waals surface area (Å²) < 4.78 is 17.3. The third-order valence-electron chi connectivity index (χ3n) is 5.28. The van der Waals surface area contributed by atoms with Crippen LogP contribution in [0.3, 0.4) is 0 Å². The number of hydrogen-bond donors (Lipinski definition) is 1. The van der Waals surface area contributed by atoms with Crippen LogP contribution in [0, 0.1) is 10.1 Å². The number of nitro benzene ring substituents is 1. The largest absolute Gasteiger partial charge is 0.490 e. The molecule has 0 aliphatic carbocycles. The van der Waals surface area contributed by atoms with Gasteiger partial charge < -0.3 is 13.9 Å². The zero-order chi connectivity index (χ0) is 26.5. The van der Waals surface area contributed by atoms with E-state index in [1.165, 1.54) is 24.5 Å². The molecule has 1 fully saturated rings. The zero-order valence-corrected chi connectivity index (χ0v) is 21.0. The van der Waals surface area contributed by atoms with Crippen molar-refractivity contribution in [3.05, 3.63) is 91.8 Å². The highest BCUT2D eigenvalue weighted by Gasteiger charge is 2.36. The number of benzene rings is 2. The molecule has 1 aromatic heterocycles. The summed E-state index contributed by atoms with van der Waals surface area (Å²) in [4.78, 5) is 49.0. The van der Waals surface area contributed by atoms with Gasteiger partial charge >= 0.3 is 6.03 Å². The molecule has 0 atom stereocenters. The molecule has 12 heteroatoms. The van der Waals surface area contributed by atoms with E-state index in [0.29, 0.717) is 39.5 Å². The fraction of sp³-hybridized carbons (Fsp3) is 0.160. The van der Waals surface area contributed by atoms with E-state index >= 15 is 0 Å². The van der Waals surface area contributed by atoms with Gasteiger partial charge in [-0.2, -0.15) is 0 Å². The SMILES string of the molecule is CCOc1cc(/C=C2\C(=O)NC(=O)N(Cc3ccco3)C2=O)c(Br)cc1OCc1ccc([N+](=O)[O-])cc1. The lowest BCUT2D eigenvalue weighted by Gasteiger charge is -2.25. The average molecular weight is 570 g/mol. The van der Waals surface area contributed by atoms with Crippen molar-refractivity contribution in [3.8, 4) is 11.5 Å². The number of barbiturate groups is 1. The molecule has 190 valence electrons. The summed E-state index contributed by atoms with van der Waals surface area (Å²) in [6.45, 7) is 2.09. The predicted molar refractivity (Wildman–Crippen MR) is 134 cm³/mol. The Morgan fingerprint density at radius 2 is 1.84 bits per heavy atom. The molecule has 0 saturated carbocycles. The fourth-order valence-electron chi connectivity index (χ4n) is 3.47. The van der Waals surface area contributed by atoms with Gasteiger partial charge in [-0.05, 0) is 60.5 Å². The number of rotatable bonds is 9. The van der Waals surface area contributed by atoms with E-state index in [1.54, 1.807) is 43.3 Å². The summed E-state index contributed by atoms with van der Waals surface area (Å²) in [6.07, 6.45) is 2.77. The molecule has 4 rings (SSSR count). The molecule has 1 aliphatic heterocycles. The summed E-state index contributed by atoms with van der Waals surface area (Å²) in [7, 11) is 0. The Bertz CT molecular complexity index is 1380. The fourth-order valence-corrected chi connectivity index (χ4v) is 3.91. The van der Waals surface area contributed by atoms with Crippen molar-refractivity contribution in [1.29, 1.82) is 0 Å². The number of hydrogen-bond acceptors (Lipinski definition) is 8. The third kappa shape index (κ3) is 5.86. The second-order valence-electron chi connectivity index (χ2n) is 7.75. The molecule has 0 radical (unpaired) electrons. The van der Waals surface area contributed by atoms with Crippen molar-refractivity contribution in [1.82, 2.24) is 10.2 Å². The van der Waals surface area contributed by atoms with E-state index in [0.717, 1.165) is 4.90 Å². The minimum absolute atomic E-state index is 0.0235. The van der Waals surface area contributed by atoms with Crippen molar-refractivity contribution in [2.45, 2.75) is 20.1 Å². The van der Waals surface area contributed by atoms with Crippen LogP contribution in [0.15, 0.2) is 69.3 Å². The zero-order valence-electron chi connectivity index (χ0n) is 19.4. The van der Waals surface area contributed by atoms with E-state index in [-0.39, 0.29) is 24.4 Å². The molecule has 11 nitrogen and oxygen atoms in total. The van der Waals surface area contributed by atoms with Gasteiger partial charge in [-0.1, -0.05) is 15.9 Å². The number of halogens is 1. The van der Waals surface area contributed by atoms with Crippen LogP contribution in [0.2, 0.25) is 0 Å². The summed E-state index contributed by atoms with van der Waals surface area (Å²) in [5, 5.41) is 13.0. The van der Waals surface area contributed by atoms with Gasteiger partial charge in [0.25, 0.3) is 17.5 Å². The first-order valence-corrected chi connectivity index (χ1v) is 11.8. The lowest BCUT2D eigenvalue weighted by Crippen LogP contribution is -2.53. The number of amides is 4. The molecule has 1 N–H and O–H groups in total. The van der Waals surface area contributed by atoms with Gasteiger partial charge in [0.1, 0.15) is 17.9 Å². The van der Waals surface area contributed by atoms with Gasteiger partial charge in [-0.15, -0.1) is 0 Å². The van der Waals surface area contributed by atoms with Crippen molar-refractivity contribution in [3.63, 3.8) is 0 Å². The van der Waals surface area contributed by atoms with Crippen LogP contribution in [-0.4, -0.2) is 34.3 Å². The Kier molecular flexibility index (Phi) is 7.68. The van der Waals surface area contributed by atoms with Crippen LogP contribution in [0.5, 0.6) is 11.5 Å². The van der Waals surface area contributed by atoms with E-state index in [4.69, 9.17) is 13.9 Å². The number of carbonyl (C=O) groups is 3. The quantitative estimate of drug-likeness (QED) is 0.171. The molecule has 0 spiro atoms. The van der Waals surface area contributed by atoms with E-state index in [9.17, 15) is 24.5 Å². The van der Waals surface area contributed by atoms with Crippen LogP contribution < -0.4 is 14.8 Å². The summed E-state index contributed by atoms with van der Waals surface area (Å²) in [5.74, 6) is -0.482. The number of imide groups is 2. The number of nitro groups is 1. The van der Waals surface area contributed by atoms with Crippen molar-refractivity contribution in [2.75, 3.05) is 6.61 Å². The Morgan fingerprint density at radius 1 is 1.11 bits per heavy atom. The standard InChI is InChI=1S/C25H20BrN3O8/c1-2-35-21-11-16(20(26)12-22(21)37-14-15-5-7-17(8-6-15)29(33)34)10-19-23(30)27-25(32)28(24(19)31)13-18-4-3-9-36-18/h3-12H,2,13-14H2,1H3,(H,27,30,32)/b19-10+. The molecule has 0 bridgehead atoms. The minimum Gasteiger partial charge on any atom is -0.490 e. The van der Waals surface area contributed by atoms with E-state index in [2.05, 4.69) is 21.2 Å². The van der Waals surface area contributed by atoms with Gasteiger partial charge in [0, 0.05) is 16.6 Å². The van der Waals surface area contributed by atoms with E-state index in [1.807, 2.05) is 0 Å². The molecule has 37 heavy (non-hydrogen) atoms. The summed E-state index contributed by atoms with van der Waals surface area (Å²) in [5.41, 5.74) is 0.886. The highest BCUT2D eigenvalue weighted by molar-refractivity contribution is 9.10. The number of nitrogens with zero attached hydrogens (tertiary/aromatic N) is 2. The Balaban J connectivity index is 1.59. The highest BCUT2D eigenvalue weighted by atomic mass is 79.9. The van der Waals surface area contributed by atoms with Gasteiger partial charge in [0.2, 0.25) is 0 Å². The lowest BCUT2D eigenvalue weighted by molar-refractivity contribution is -0.384. The molecular weight excluding hydrogens is 550 g/mol. The van der Waals surface area contributed by atoms with E-state index < -0.39 is 22.8 Å². The van der Waals surface area contributed by atoms with Gasteiger partial charge in [-0.25, -0.2) is 4.79 Å². The second-order valence-corrected chi connectivity index (χ2v) is 8.61. The van der Waals surface area contributed by atoms with Gasteiger partial charge in [0.15, 0.2) is 11.5 Å². The van der Waals surface area contributed by atoms with Gasteiger partial charge in [0.05, 0.1) is 24.3 Å². The second kappa shape index (κ2) is 11.1. The number of nitrogens with one attached hydrogen (secondary N) is 1. The first-order chi connectivity index (χ1) is 17.8. The van der Waals surface area contributed by atoms with Gasteiger partial charge in [-0.3, -0.25) is 29.9 Å². The number of carbonyl (C=O) groups excluding carboxylic acids is 3. The Labute approximate surface area is 218 Å². The highest BCUT2D eigenvalue weighted by Crippen LogP contribution is 2.36. The van der Waals surface area contributed by atoms with Crippen LogP contribution in [0.4, 0.5) is 10.5 Å². The topological polar surface area (TPSA) is 141 Å². The van der Waals surface area contributed by atoms with Crippen molar-refractivity contribution >= 4 is 45.5 Å². The smallest absolute Gasteiger partial charge is 0.331 e. The molecule has 0 unspecified atom stereocenters. The molecule has 1 aliphatic rings. The predicted octanol–water partition coefficient (Wildman–Crippen LogP) is 4.59. The monoisotopic (exact) mass is 569 g/mol. The maximum absolute atomic E-state index is 13.0. The molecule has 3 aromatic rings. The van der Waals surface area contributed by atoms with Crippen molar-refractivity contribution < 1.29 is 33.2 Å². The molecule has 1 saturated heterocycles. The summed E-state index contributed by atoms with van der Waals surface area (Å²) in [6, 6.07) is 11.6. The number of urea groups is 1.